The predicted molar refractivity (Wildman–Crippen MR) is 76.0 cm³/mol. The van der Waals surface area contributed by atoms with Crippen LogP contribution in [0.4, 0.5) is 4.39 Å². The van der Waals surface area contributed by atoms with E-state index in [2.05, 4.69) is 0 Å². The van der Waals surface area contributed by atoms with E-state index < -0.39 is 29.7 Å². The van der Waals surface area contributed by atoms with Crippen molar-refractivity contribution >= 4 is 22.6 Å². The van der Waals surface area contributed by atoms with Crippen LogP contribution in [0.25, 0.3) is 10.8 Å². The molecule has 1 saturated heterocycles. The van der Waals surface area contributed by atoms with Gasteiger partial charge in [-0.05, 0) is 17.5 Å². The van der Waals surface area contributed by atoms with Crippen molar-refractivity contribution in [3.8, 4) is 0 Å². The van der Waals surface area contributed by atoms with Crippen molar-refractivity contribution < 1.29 is 18.4 Å². The van der Waals surface area contributed by atoms with E-state index in [1.165, 1.54) is 6.07 Å². The molecule has 0 spiro atoms. The summed E-state index contributed by atoms with van der Waals surface area (Å²) in [7, 11) is 0. The summed E-state index contributed by atoms with van der Waals surface area (Å²) >= 11 is 0. The molecule has 0 aliphatic carbocycles. The zero-order chi connectivity index (χ0) is 15.9. The molecule has 2 atom stereocenters. The molecule has 0 saturated carbocycles. The molecule has 22 heavy (non-hydrogen) atoms. The Balaban J connectivity index is 2.02. The largest absolute Gasteiger partial charge is 0.417 e. The van der Waals surface area contributed by atoms with Gasteiger partial charge in [-0.2, -0.15) is 0 Å². The Kier molecular flexibility index (Phi) is 3.40. The number of carbonyl (C=O) groups is 2. The van der Waals surface area contributed by atoms with Crippen LogP contribution in [0.5, 0.6) is 0 Å². The van der Waals surface area contributed by atoms with Gasteiger partial charge in [-0.15, -0.1) is 0 Å². The molecule has 114 valence electrons. The van der Waals surface area contributed by atoms with Gasteiger partial charge < -0.3 is 15.1 Å². The molecule has 1 aliphatic rings. The average Bonchev–Trinajstić information content (AvgIpc) is 2.88. The van der Waals surface area contributed by atoms with Crippen LogP contribution in [0, 0.1) is 0 Å². The van der Waals surface area contributed by atoms with Crippen LogP contribution in [-0.2, 0) is 4.79 Å². The fourth-order valence-corrected chi connectivity index (χ4v) is 2.66. The zero-order valence-electron chi connectivity index (χ0n) is 11.5. The molecule has 6 nitrogen and oxygen atoms in total. The normalized spacial score (nSPS) is 21.2. The lowest BCUT2D eigenvalue weighted by atomic mass is 10.1. The van der Waals surface area contributed by atoms with Gasteiger partial charge in [0.25, 0.3) is 5.91 Å². The van der Waals surface area contributed by atoms with Crippen LogP contribution in [0.2, 0.25) is 0 Å². The Morgan fingerprint density at radius 3 is 2.77 bits per heavy atom. The van der Waals surface area contributed by atoms with Crippen LogP contribution in [0.3, 0.4) is 0 Å². The Morgan fingerprint density at radius 1 is 1.32 bits per heavy atom. The van der Waals surface area contributed by atoms with Gasteiger partial charge >= 0.3 is 5.63 Å². The van der Waals surface area contributed by atoms with Crippen LogP contribution in [0.15, 0.2) is 39.5 Å². The molecular formula is C15H13FN2O4. The van der Waals surface area contributed by atoms with Crippen LogP contribution in [0.1, 0.15) is 17.0 Å². The molecular weight excluding hydrogens is 291 g/mol. The number of carbonyl (C=O) groups excluding carboxylic acids is 2. The summed E-state index contributed by atoms with van der Waals surface area (Å²) < 4.78 is 18.5. The SMILES string of the molecule is NC(=O)[C@@H]1C[C@@H](F)CN1C(=O)c1cc2ccccc2c(=O)o1. The molecule has 0 unspecified atom stereocenters. The molecule has 1 aliphatic heterocycles. The van der Waals surface area contributed by atoms with Crippen molar-refractivity contribution in [1.82, 2.24) is 4.90 Å². The number of halogens is 1. The fourth-order valence-electron chi connectivity index (χ4n) is 2.66. The molecule has 3 rings (SSSR count). The highest BCUT2D eigenvalue weighted by Crippen LogP contribution is 2.23. The highest BCUT2D eigenvalue weighted by Gasteiger charge is 2.40. The second-order valence-electron chi connectivity index (χ2n) is 5.19. The lowest BCUT2D eigenvalue weighted by Crippen LogP contribution is -2.43. The van der Waals surface area contributed by atoms with E-state index in [9.17, 15) is 18.8 Å². The summed E-state index contributed by atoms with van der Waals surface area (Å²) in [5.41, 5.74) is 4.54. The number of nitrogens with zero attached hydrogens (tertiary/aromatic N) is 1. The third-order valence-corrected chi connectivity index (χ3v) is 3.72. The zero-order valence-corrected chi connectivity index (χ0v) is 11.5. The van der Waals surface area contributed by atoms with Gasteiger partial charge in [0, 0.05) is 6.42 Å². The Bertz CT molecular complexity index is 817. The fraction of sp³-hybridized carbons (Fsp3) is 0.267. The second-order valence-corrected chi connectivity index (χ2v) is 5.19. The Morgan fingerprint density at radius 2 is 2.05 bits per heavy atom. The molecule has 0 radical (unpaired) electrons. The topological polar surface area (TPSA) is 93.6 Å². The number of hydrogen-bond donors (Lipinski definition) is 1. The summed E-state index contributed by atoms with van der Waals surface area (Å²) in [6, 6.07) is 7.02. The van der Waals surface area contributed by atoms with Gasteiger partial charge in [0.1, 0.15) is 12.2 Å². The Labute approximate surface area is 124 Å². The van der Waals surface area contributed by atoms with Gasteiger partial charge in [-0.3, -0.25) is 9.59 Å². The highest BCUT2D eigenvalue weighted by molar-refractivity contribution is 5.98. The third kappa shape index (κ3) is 2.34. The maximum atomic E-state index is 13.5. The van der Waals surface area contributed by atoms with Crippen LogP contribution in [-0.4, -0.2) is 35.5 Å². The lowest BCUT2D eigenvalue weighted by molar-refractivity contribution is -0.121. The minimum absolute atomic E-state index is 0.140. The van der Waals surface area contributed by atoms with Gasteiger partial charge in [-0.1, -0.05) is 18.2 Å². The van der Waals surface area contributed by atoms with Crippen molar-refractivity contribution in [3.05, 3.63) is 46.5 Å². The number of amides is 2. The molecule has 1 aromatic carbocycles. The van der Waals surface area contributed by atoms with Gasteiger partial charge in [-0.25, -0.2) is 9.18 Å². The van der Waals surface area contributed by atoms with Crippen molar-refractivity contribution in [1.29, 1.82) is 0 Å². The van der Waals surface area contributed by atoms with Gasteiger partial charge in [0.2, 0.25) is 5.91 Å². The molecule has 2 N–H and O–H groups in total. The molecule has 7 heteroatoms. The number of rotatable bonds is 2. The Hall–Kier alpha value is -2.70. The van der Waals surface area contributed by atoms with Crippen molar-refractivity contribution in [2.45, 2.75) is 18.6 Å². The van der Waals surface area contributed by atoms with Crippen LogP contribution >= 0.6 is 0 Å². The molecule has 2 aromatic rings. The average molecular weight is 304 g/mol. The van der Waals surface area contributed by atoms with Crippen molar-refractivity contribution in [3.63, 3.8) is 0 Å². The molecule has 1 fully saturated rings. The maximum absolute atomic E-state index is 13.5. The van der Waals surface area contributed by atoms with E-state index in [1.54, 1.807) is 24.3 Å². The first-order chi connectivity index (χ1) is 10.5. The second kappa shape index (κ2) is 5.25. The number of likely N-dealkylation sites (tertiary alicyclic amines) is 1. The van der Waals surface area contributed by atoms with E-state index in [4.69, 9.17) is 10.2 Å². The lowest BCUT2D eigenvalue weighted by Gasteiger charge is -2.20. The van der Waals surface area contributed by atoms with E-state index in [1.807, 2.05) is 0 Å². The van der Waals surface area contributed by atoms with Gasteiger partial charge in [0.05, 0.1) is 11.9 Å². The molecule has 2 heterocycles. The summed E-state index contributed by atoms with van der Waals surface area (Å²) in [5.74, 6) is -1.73. The van der Waals surface area contributed by atoms with Crippen molar-refractivity contribution in [2.75, 3.05) is 6.54 Å². The first-order valence-electron chi connectivity index (χ1n) is 6.74. The maximum Gasteiger partial charge on any atom is 0.344 e. The van der Waals surface area contributed by atoms with Crippen molar-refractivity contribution in [2.24, 2.45) is 5.73 Å². The summed E-state index contributed by atoms with van der Waals surface area (Å²) in [4.78, 5) is 36.7. The monoisotopic (exact) mass is 304 g/mol. The quantitative estimate of drug-likeness (QED) is 0.889. The smallest absolute Gasteiger partial charge is 0.344 e. The molecule has 0 bridgehead atoms. The number of hydrogen-bond acceptors (Lipinski definition) is 4. The van der Waals surface area contributed by atoms with E-state index in [0.717, 1.165) is 4.90 Å². The van der Waals surface area contributed by atoms with E-state index in [-0.39, 0.29) is 18.7 Å². The first-order valence-corrected chi connectivity index (χ1v) is 6.74. The number of alkyl halides is 1. The number of fused-ring (bicyclic) bond motifs is 1. The summed E-state index contributed by atoms with van der Waals surface area (Å²) in [6.45, 7) is -0.247. The van der Waals surface area contributed by atoms with Gasteiger partial charge in [0.15, 0.2) is 5.76 Å². The number of nitrogens with two attached hydrogens (primary N) is 1. The predicted octanol–water partition coefficient (Wildman–Crippen LogP) is 0.831. The third-order valence-electron chi connectivity index (χ3n) is 3.72. The van der Waals surface area contributed by atoms with Crippen LogP contribution < -0.4 is 11.4 Å². The first kappa shape index (κ1) is 14.2. The summed E-state index contributed by atoms with van der Waals surface area (Å²) in [6.07, 6.45) is -1.47. The van der Waals surface area contributed by atoms with E-state index in [0.29, 0.717) is 10.8 Å². The standard InChI is InChI=1S/C15H13FN2O4/c16-9-6-11(13(17)19)18(7-9)14(20)12-5-8-3-1-2-4-10(8)15(21)22-12/h1-5,9,11H,6-7H2,(H2,17,19)/t9-,11+/m1/s1. The number of primary amides is 1. The van der Waals surface area contributed by atoms with E-state index >= 15 is 0 Å². The highest BCUT2D eigenvalue weighted by atomic mass is 19.1. The summed E-state index contributed by atoms with van der Waals surface area (Å²) in [5, 5.41) is 0.879. The molecule has 2 amide bonds. The molecule has 1 aromatic heterocycles. The minimum Gasteiger partial charge on any atom is -0.417 e. The number of benzene rings is 1. The minimum atomic E-state index is -1.33.